The molecule has 46 heavy (non-hydrogen) atoms. The van der Waals surface area contributed by atoms with Crippen molar-refractivity contribution in [3.63, 3.8) is 0 Å². The van der Waals surface area contributed by atoms with Gasteiger partial charge in [0.15, 0.2) is 0 Å². The molecule has 0 radical (unpaired) electrons. The van der Waals surface area contributed by atoms with Gasteiger partial charge in [-0.2, -0.15) is 13.2 Å². The first-order chi connectivity index (χ1) is 21.9. The van der Waals surface area contributed by atoms with Gasteiger partial charge in [0.2, 0.25) is 11.8 Å². The molecule has 8 N–H and O–H groups in total. The lowest BCUT2D eigenvalue weighted by Crippen LogP contribution is -2.43. The van der Waals surface area contributed by atoms with Gasteiger partial charge in [-0.15, -0.1) is 0 Å². The van der Waals surface area contributed by atoms with E-state index < -0.39 is 17.8 Å². The summed E-state index contributed by atoms with van der Waals surface area (Å²) in [5.41, 5.74) is 18.0. The number of hydrogen-bond acceptors (Lipinski definition) is 9. The predicted octanol–water partition coefficient (Wildman–Crippen LogP) is 3.29. The average Bonchev–Trinajstić information content (AvgIpc) is 3.05. The van der Waals surface area contributed by atoms with Crippen molar-refractivity contribution >= 4 is 42.0 Å². The molecular formula is C32H48F3N7O4. The highest BCUT2D eigenvalue weighted by molar-refractivity contribution is 5.96. The number of likely N-dealkylation sites (N-methyl/N-ethyl adjacent to an activating group) is 1. The smallest absolute Gasteiger partial charge is 0.346 e. The monoisotopic (exact) mass is 651 g/mol. The van der Waals surface area contributed by atoms with E-state index in [0.717, 1.165) is 67.6 Å². The van der Waals surface area contributed by atoms with Crippen molar-refractivity contribution in [1.29, 1.82) is 0 Å². The van der Waals surface area contributed by atoms with E-state index >= 15 is 0 Å². The molecule has 2 amide bonds. The summed E-state index contributed by atoms with van der Waals surface area (Å²) in [5, 5.41) is 6.21. The van der Waals surface area contributed by atoms with E-state index in [9.17, 15) is 22.8 Å². The van der Waals surface area contributed by atoms with Crippen molar-refractivity contribution in [2.75, 3.05) is 45.1 Å². The molecule has 2 aromatic carbocycles. The summed E-state index contributed by atoms with van der Waals surface area (Å²) in [4.78, 5) is 46.0. The number of amides is 2. The number of nitrogens with zero attached hydrogens (tertiary/aromatic N) is 2. The van der Waals surface area contributed by atoms with E-state index in [0.29, 0.717) is 12.1 Å². The average molecular weight is 652 g/mol. The van der Waals surface area contributed by atoms with Gasteiger partial charge < -0.3 is 42.3 Å². The van der Waals surface area contributed by atoms with Crippen LogP contribution in [0.4, 0.5) is 18.9 Å². The summed E-state index contributed by atoms with van der Waals surface area (Å²) in [7, 11) is 2.01. The number of aromatic nitrogens is 1. The van der Waals surface area contributed by atoms with E-state index in [1.54, 1.807) is 13.1 Å². The maximum absolute atomic E-state index is 11.9. The minimum atomic E-state index is -4.21. The Morgan fingerprint density at radius 2 is 1.54 bits per heavy atom. The van der Waals surface area contributed by atoms with Crippen LogP contribution in [0.2, 0.25) is 0 Å². The molecule has 1 heterocycles. The Labute approximate surface area is 269 Å². The van der Waals surface area contributed by atoms with Crippen LogP contribution in [0.3, 0.4) is 0 Å². The Balaban J connectivity index is 0. The Morgan fingerprint density at radius 3 is 2.07 bits per heavy atom. The molecule has 0 aliphatic rings. The Morgan fingerprint density at radius 1 is 0.978 bits per heavy atom. The number of carbonyl (C=O) groups is 4. The number of rotatable bonds is 11. The SMILES string of the molecule is C=O.C=O.CCCCC(N)C(=O)NCC(=O)Nc1cnc2ccccc2c1.CN(CCN)CCN.Cc1ccc(C(F)(F)F)cc1. The zero-order valence-corrected chi connectivity index (χ0v) is 26.8. The van der Waals surface area contributed by atoms with Crippen LogP contribution >= 0.6 is 0 Å². The molecule has 0 fully saturated rings. The Kier molecular flexibility index (Phi) is 24.8. The highest BCUT2D eigenvalue weighted by Gasteiger charge is 2.29. The third-order valence-electron chi connectivity index (χ3n) is 5.90. The fourth-order valence-corrected chi connectivity index (χ4v) is 3.49. The first kappa shape index (κ1) is 43.9. The minimum absolute atomic E-state index is 0.106. The molecule has 1 aromatic heterocycles. The molecule has 0 saturated heterocycles. The summed E-state index contributed by atoms with van der Waals surface area (Å²) in [6.07, 6.45) is -0.124. The van der Waals surface area contributed by atoms with Gasteiger partial charge in [-0.25, -0.2) is 0 Å². The minimum Gasteiger partial charge on any atom is -0.346 e. The summed E-state index contributed by atoms with van der Waals surface area (Å²) in [6.45, 7) is 11.0. The molecular weight excluding hydrogens is 603 g/mol. The Bertz CT molecular complexity index is 1240. The van der Waals surface area contributed by atoms with Gasteiger partial charge in [0, 0.05) is 31.6 Å². The number of para-hydroxylation sites is 1. The lowest BCUT2D eigenvalue weighted by atomic mass is 10.1. The van der Waals surface area contributed by atoms with Gasteiger partial charge in [-0.1, -0.05) is 55.7 Å². The lowest BCUT2D eigenvalue weighted by Gasteiger charge is -2.12. The summed E-state index contributed by atoms with van der Waals surface area (Å²) < 4.78 is 35.8. The second-order valence-electron chi connectivity index (χ2n) is 9.68. The van der Waals surface area contributed by atoms with Gasteiger partial charge in [0.05, 0.1) is 35.6 Å². The third kappa shape index (κ3) is 19.9. The van der Waals surface area contributed by atoms with E-state index in [2.05, 4.69) is 20.5 Å². The quantitative estimate of drug-likeness (QED) is 0.207. The first-order valence-corrected chi connectivity index (χ1v) is 14.4. The number of halogens is 3. The molecule has 0 aliphatic heterocycles. The van der Waals surface area contributed by atoms with Crippen molar-refractivity contribution in [2.45, 2.75) is 45.3 Å². The van der Waals surface area contributed by atoms with Gasteiger partial charge in [0.1, 0.15) is 13.6 Å². The number of benzene rings is 2. The zero-order chi connectivity index (χ0) is 35.5. The van der Waals surface area contributed by atoms with Crippen LogP contribution < -0.4 is 27.8 Å². The number of unbranched alkanes of at least 4 members (excludes halogenated alkanes) is 1. The Hall–Kier alpha value is -4.24. The maximum Gasteiger partial charge on any atom is 0.416 e. The number of alkyl halides is 3. The molecule has 1 atom stereocenters. The van der Waals surface area contributed by atoms with Crippen LogP contribution in [0.25, 0.3) is 10.9 Å². The summed E-state index contributed by atoms with van der Waals surface area (Å²) in [5.74, 6) is -0.608. The number of aryl methyl sites for hydroxylation is 1. The molecule has 0 spiro atoms. The predicted molar refractivity (Wildman–Crippen MR) is 177 cm³/mol. The van der Waals surface area contributed by atoms with E-state index in [1.165, 1.54) is 12.1 Å². The molecule has 3 rings (SSSR count). The number of hydrogen-bond donors (Lipinski definition) is 5. The number of anilines is 1. The molecule has 0 bridgehead atoms. The van der Waals surface area contributed by atoms with Crippen molar-refractivity contribution in [3.05, 3.63) is 71.9 Å². The molecule has 11 nitrogen and oxygen atoms in total. The highest BCUT2D eigenvalue weighted by atomic mass is 19.4. The van der Waals surface area contributed by atoms with Crippen molar-refractivity contribution in [1.82, 2.24) is 15.2 Å². The largest absolute Gasteiger partial charge is 0.416 e. The lowest BCUT2D eigenvalue weighted by molar-refractivity contribution is -0.137. The molecule has 0 aliphatic carbocycles. The van der Waals surface area contributed by atoms with Crippen molar-refractivity contribution < 1.29 is 32.3 Å². The zero-order valence-electron chi connectivity index (χ0n) is 26.8. The molecule has 256 valence electrons. The number of carbonyl (C=O) groups excluding carboxylic acids is 4. The summed E-state index contributed by atoms with van der Waals surface area (Å²) in [6, 6.07) is 14.0. The second-order valence-corrected chi connectivity index (χ2v) is 9.68. The fourth-order valence-electron chi connectivity index (χ4n) is 3.49. The normalized spacial score (nSPS) is 10.7. The van der Waals surface area contributed by atoms with Crippen molar-refractivity contribution in [3.8, 4) is 0 Å². The van der Waals surface area contributed by atoms with Crippen LogP contribution in [0, 0.1) is 6.92 Å². The van der Waals surface area contributed by atoms with Crippen LogP contribution in [-0.2, 0) is 25.4 Å². The van der Waals surface area contributed by atoms with Gasteiger partial charge in [0.25, 0.3) is 0 Å². The highest BCUT2D eigenvalue weighted by Crippen LogP contribution is 2.28. The number of pyridine rings is 1. The first-order valence-electron chi connectivity index (χ1n) is 14.4. The van der Waals surface area contributed by atoms with E-state index in [1.807, 2.05) is 57.9 Å². The van der Waals surface area contributed by atoms with Gasteiger partial charge >= 0.3 is 6.18 Å². The van der Waals surface area contributed by atoms with Crippen LogP contribution in [0.5, 0.6) is 0 Å². The molecule has 0 saturated carbocycles. The number of nitrogens with one attached hydrogen (secondary N) is 2. The van der Waals surface area contributed by atoms with Gasteiger partial charge in [-0.05, 0) is 44.7 Å². The second kappa shape index (κ2) is 26.0. The number of nitrogens with two attached hydrogens (primary N) is 3. The van der Waals surface area contributed by atoms with Gasteiger partial charge in [-0.3, -0.25) is 14.6 Å². The maximum atomic E-state index is 11.9. The van der Waals surface area contributed by atoms with Crippen molar-refractivity contribution in [2.24, 2.45) is 17.2 Å². The summed E-state index contributed by atoms with van der Waals surface area (Å²) >= 11 is 0. The molecule has 14 heteroatoms. The van der Waals surface area contributed by atoms with E-state index in [-0.39, 0.29) is 18.4 Å². The van der Waals surface area contributed by atoms with E-state index in [4.69, 9.17) is 26.8 Å². The topological polar surface area (TPSA) is 187 Å². The van der Waals surface area contributed by atoms with Crippen LogP contribution in [0.1, 0.15) is 37.3 Å². The van der Waals surface area contributed by atoms with Crippen LogP contribution in [0.15, 0.2) is 60.8 Å². The number of fused-ring (bicyclic) bond motifs is 1. The van der Waals surface area contributed by atoms with Crippen LogP contribution in [-0.4, -0.2) is 81.1 Å². The molecule has 3 aromatic rings. The third-order valence-corrected chi connectivity index (χ3v) is 5.90. The molecule has 1 unspecified atom stereocenters. The standard InChI is InChI=1S/C17H22N4O2.C8H7F3.C5H15N3.2CH2O/c1-2-3-7-14(18)17(23)20-11-16(22)21-13-9-12-6-4-5-8-15(12)19-10-13;1-6-2-4-7(5-3-6)8(9,10)11;1-8(4-2-6)5-3-7;2*1-2/h4-6,8-10,14H,2-3,7,11,18H2,1H3,(H,20,23)(H,21,22);2-5H,1H3;2-7H2,1H3;2*1H2. The fraction of sp³-hybridized carbons (Fsp3) is 0.406.